The smallest absolute Gasteiger partial charge is 0.246 e. The van der Waals surface area contributed by atoms with Gasteiger partial charge in [0.25, 0.3) is 0 Å². The molecule has 2 amide bonds. The van der Waals surface area contributed by atoms with E-state index in [0.29, 0.717) is 26.1 Å². The van der Waals surface area contributed by atoms with Crippen molar-refractivity contribution in [2.24, 2.45) is 0 Å². The molecule has 0 unspecified atom stereocenters. The normalized spacial score (nSPS) is 20.3. The first-order valence-corrected chi connectivity index (χ1v) is 9.63. The van der Waals surface area contributed by atoms with E-state index in [4.69, 9.17) is 4.74 Å². The van der Waals surface area contributed by atoms with Gasteiger partial charge in [-0.25, -0.2) is 0 Å². The number of rotatable bonds is 8. The fourth-order valence-corrected chi connectivity index (χ4v) is 3.78. The van der Waals surface area contributed by atoms with E-state index in [-0.39, 0.29) is 36.5 Å². The van der Waals surface area contributed by atoms with Gasteiger partial charge in [-0.2, -0.15) is 5.10 Å². The Labute approximate surface area is 161 Å². The van der Waals surface area contributed by atoms with E-state index in [0.717, 1.165) is 17.0 Å². The van der Waals surface area contributed by atoms with Crippen molar-refractivity contribution in [3.63, 3.8) is 0 Å². The maximum atomic E-state index is 12.6. The van der Waals surface area contributed by atoms with Crippen LogP contribution in [0.4, 0.5) is 0 Å². The maximum Gasteiger partial charge on any atom is 0.246 e. The second-order valence-electron chi connectivity index (χ2n) is 7.46. The van der Waals surface area contributed by atoms with Gasteiger partial charge >= 0.3 is 0 Å². The van der Waals surface area contributed by atoms with Gasteiger partial charge in [0, 0.05) is 50.1 Å². The Morgan fingerprint density at radius 1 is 1.33 bits per heavy atom. The van der Waals surface area contributed by atoms with E-state index in [1.807, 2.05) is 18.5 Å². The van der Waals surface area contributed by atoms with E-state index in [2.05, 4.69) is 41.4 Å². The van der Waals surface area contributed by atoms with Crippen LogP contribution in [0.25, 0.3) is 0 Å². The predicted octanol–water partition coefficient (Wildman–Crippen LogP) is 0.922. The number of likely N-dealkylation sites (N-methyl/N-ethyl adjacent to an activating group) is 1. The molecule has 0 aliphatic carbocycles. The third-order valence-electron chi connectivity index (χ3n) is 5.02. The van der Waals surface area contributed by atoms with Crippen molar-refractivity contribution >= 4 is 11.8 Å². The lowest BCUT2D eigenvalue weighted by molar-refractivity contribution is -0.126. The van der Waals surface area contributed by atoms with E-state index >= 15 is 0 Å². The zero-order valence-electron chi connectivity index (χ0n) is 17.3. The third-order valence-corrected chi connectivity index (χ3v) is 5.02. The lowest BCUT2D eigenvalue weighted by atomic mass is 10.1. The zero-order chi connectivity index (χ0) is 20.1. The number of amides is 2. The van der Waals surface area contributed by atoms with Gasteiger partial charge in [-0.15, -0.1) is 0 Å². The van der Waals surface area contributed by atoms with Gasteiger partial charge in [0.15, 0.2) is 0 Å². The molecule has 27 heavy (non-hydrogen) atoms. The predicted molar refractivity (Wildman–Crippen MR) is 103 cm³/mol. The maximum absolute atomic E-state index is 12.6. The van der Waals surface area contributed by atoms with Crippen LogP contribution < -0.4 is 10.6 Å². The van der Waals surface area contributed by atoms with Crippen LogP contribution >= 0.6 is 0 Å². The summed E-state index contributed by atoms with van der Waals surface area (Å²) in [7, 11) is 1.50. The number of ether oxygens (including phenoxy) is 1. The molecule has 1 aromatic heterocycles. The van der Waals surface area contributed by atoms with Gasteiger partial charge in [-0.1, -0.05) is 0 Å². The second-order valence-corrected chi connectivity index (χ2v) is 7.46. The highest BCUT2D eigenvalue weighted by Crippen LogP contribution is 2.25. The summed E-state index contributed by atoms with van der Waals surface area (Å²) in [6, 6.07) is -0.0451. The van der Waals surface area contributed by atoms with E-state index in [1.165, 1.54) is 7.11 Å². The van der Waals surface area contributed by atoms with Crippen molar-refractivity contribution in [3.05, 3.63) is 17.0 Å². The Morgan fingerprint density at radius 3 is 2.59 bits per heavy atom. The summed E-state index contributed by atoms with van der Waals surface area (Å²) in [5.74, 6) is -0.147. The average Bonchev–Trinajstić information content (AvgIpc) is 3.11. The standard InChI is InChI=1S/C19H33N5O3/c1-7-20-19(26)17-8-15(21-18(25)11-27-6)9-23(17)10-16-13(4)22-24(12(2)3)14(16)5/h12,15,17H,7-11H2,1-6H3,(H,20,26)(H,21,25)/t15-,17-/m0/s1. The van der Waals surface area contributed by atoms with E-state index < -0.39 is 0 Å². The molecule has 8 nitrogen and oxygen atoms in total. The van der Waals surface area contributed by atoms with E-state index in [1.54, 1.807) is 0 Å². The quantitative estimate of drug-likeness (QED) is 0.701. The second kappa shape index (κ2) is 9.32. The Balaban J connectivity index is 2.18. The SMILES string of the molecule is CCNC(=O)[C@@H]1C[C@H](NC(=O)COC)CN1Cc1c(C)nn(C(C)C)c1C. The van der Waals surface area contributed by atoms with Gasteiger partial charge < -0.3 is 15.4 Å². The molecule has 152 valence electrons. The summed E-state index contributed by atoms with van der Waals surface area (Å²) < 4.78 is 6.92. The van der Waals surface area contributed by atoms with Gasteiger partial charge in [0.2, 0.25) is 11.8 Å². The summed E-state index contributed by atoms with van der Waals surface area (Å²) in [5.41, 5.74) is 3.27. The highest BCUT2D eigenvalue weighted by molar-refractivity contribution is 5.82. The van der Waals surface area contributed by atoms with Crippen molar-refractivity contribution in [3.8, 4) is 0 Å². The molecular weight excluding hydrogens is 346 g/mol. The molecule has 1 aliphatic heterocycles. The highest BCUT2D eigenvalue weighted by atomic mass is 16.5. The summed E-state index contributed by atoms with van der Waals surface area (Å²) in [5, 5.41) is 10.5. The Morgan fingerprint density at radius 2 is 2.04 bits per heavy atom. The number of nitrogens with zero attached hydrogens (tertiary/aromatic N) is 3. The molecular formula is C19H33N5O3. The number of carbonyl (C=O) groups excluding carboxylic acids is 2. The molecule has 0 spiro atoms. The lowest BCUT2D eigenvalue weighted by Crippen LogP contribution is -2.42. The van der Waals surface area contributed by atoms with Crippen LogP contribution in [0.3, 0.4) is 0 Å². The largest absolute Gasteiger partial charge is 0.375 e. The number of aromatic nitrogens is 2. The molecule has 0 saturated carbocycles. The number of hydrogen-bond acceptors (Lipinski definition) is 5. The number of hydrogen-bond donors (Lipinski definition) is 2. The average molecular weight is 380 g/mol. The van der Waals surface area contributed by atoms with Gasteiger partial charge in [-0.3, -0.25) is 19.2 Å². The number of nitrogens with one attached hydrogen (secondary N) is 2. The fraction of sp³-hybridized carbons (Fsp3) is 0.737. The fourth-order valence-electron chi connectivity index (χ4n) is 3.78. The molecule has 0 radical (unpaired) electrons. The van der Waals surface area contributed by atoms with Crippen LogP contribution in [0.15, 0.2) is 0 Å². The summed E-state index contributed by atoms with van der Waals surface area (Å²) in [6.07, 6.45) is 0.595. The number of aryl methyl sites for hydroxylation is 1. The summed E-state index contributed by atoms with van der Waals surface area (Å²) in [4.78, 5) is 26.6. The molecule has 1 aliphatic rings. The van der Waals surface area contributed by atoms with Crippen LogP contribution in [0.1, 0.15) is 50.2 Å². The van der Waals surface area contributed by atoms with Crippen molar-refractivity contribution < 1.29 is 14.3 Å². The molecule has 2 atom stereocenters. The van der Waals surface area contributed by atoms with E-state index in [9.17, 15) is 9.59 Å². The molecule has 2 rings (SSSR count). The first kappa shape index (κ1) is 21.4. The molecule has 1 aromatic rings. The van der Waals surface area contributed by atoms with Crippen LogP contribution in [-0.4, -0.2) is 65.4 Å². The third kappa shape index (κ3) is 5.07. The molecule has 1 fully saturated rings. The number of methoxy groups -OCH3 is 1. The van der Waals surface area contributed by atoms with Crippen LogP contribution in [0.5, 0.6) is 0 Å². The monoisotopic (exact) mass is 379 g/mol. The van der Waals surface area contributed by atoms with Gasteiger partial charge in [0.05, 0.1) is 11.7 Å². The molecule has 8 heteroatoms. The molecule has 1 saturated heterocycles. The number of carbonyl (C=O) groups is 2. The van der Waals surface area contributed by atoms with Crippen molar-refractivity contribution in [1.82, 2.24) is 25.3 Å². The first-order valence-electron chi connectivity index (χ1n) is 9.63. The van der Waals surface area contributed by atoms with Crippen LogP contribution in [0, 0.1) is 13.8 Å². The topological polar surface area (TPSA) is 88.5 Å². The van der Waals surface area contributed by atoms with Crippen molar-refractivity contribution in [1.29, 1.82) is 0 Å². The summed E-state index contributed by atoms with van der Waals surface area (Å²) in [6.45, 7) is 12.1. The molecule has 0 bridgehead atoms. The minimum absolute atomic E-state index is 0.00699. The van der Waals surface area contributed by atoms with Gasteiger partial charge in [-0.05, 0) is 41.0 Å². The van der Waals surface area contributed by atoms with Crippen LogP contribution in [0.2, 0.25) is 0 Å². The van der Waals surface area contributed by atoms with Crippen molar-refractivity contribution in [2.75, 3.05) is 26.8 Å². The summed E-state index contributed by atoms with van der Waals surface area (Å²) >= 11 is 0. The van der Waals surface area contributed by atoms with Crippen molar-refractivity contribution in [2.45, 2.75) is 65.7 Å². The first-order chi connectivity index (χ1) is 12.8. The lowest BCUT2D eigenvalue weighted by Gasteiger charge is -2.23. The Hall–Kier alpha value is -1.93. The van der Waals surface area contributed by atoms with Crippen LogP contribution in [-0.2, 0) is 20.9 Å². The highest BCUT2D eigenvalue weighted by Gasteiger charge is 2.37. The Kier molecular flexibility index (Phi) is 7.38. The minimum Gasteiger partial charge on any atom is -0.375 e. The molecule has 2 heterocycles. The zero-order valence-corrected chi connectivity index (χ0v) is 17.3. The minimum atomic E-state index is -0.265. The number of likely N-dealkylation sites (tertiary alicyclic amines) is 1. The molecule has 0 aromatic carbocycles. The Bertz CT molecular complexity index is 671. The molecule has 2 N–H and O–H groups in total. The van der Waals surface area contributed by atoms with Gasteiger partial charge in [0.1, 0.15) is 6.61 Å².